The molecule has 0 atom stereocenters. The van der Waals surface area contributed by atoms with E-state index in [4.69, 9.17) is 11.6 Å². The van der Waals surface area contributed by atoms with Gasteiger partial charge >= 0.3 is 0 Å². The molecule has 33 heavy (non-hydrogen) atoms. The number of hydrogen-bond donors (Lipinski definition) is 1. The fourth-order valence-corrected chi connectivity index (χ4v) is 6.03. The molecule has 3 aromatic rings. The van der Waals surface area contributed by atoms with E-state index in [2.05, 4.69) is 44.5 Å². The Morgan fingerprint density at radius 3 is 2.39 bits per heavy atom. The molecule has 174 valence electrons. The number of nitrogens with zero attached hydrogens (tertiary/aromatic N) is 4. The van der Waals surface area contributed by atoms with Gasteiger partial charge in [-0.25, -0.2) is 18.4 Å². The third-order valence-corrected chi connectivity index (χ3v) is 8.12. The molecule has 9 heteroatoms. The Balaban J connectivity index is 1.40. The molecule has 0 radical (unpaired) electrons. The van der Waals surface area contributed by atoms with E-state index in [1.54, 1.807) is 40.8 Å². The van der Waals surface area contributed by atoms with Crippen LogP contribution in [0.3, 0.4) is 0 Å². The molecule has 7 nitrogen and oxygen atoms in total. The first-order valence-electron chi connectivity index (χ1n) is 11.1. The van der Waals surface area contributed by atoms with E-state index in [0.29, 0.717) is 23.3 Å². The minimum atomic E-state index is -3.59. The summed E-state index contributed by atoms with van der Waals surface area (Å²) in [5, 5.41) is 3.37. The minimum absolute atomic E-state index is 0.00434. The summed E-state index contributed by atoms with van der Waals surface area (Å²) < 4.78 is 28.4. The van der Waals surface area contributed by atoms with Crippen LogP contribution >= 0.6 is 11.6 Å². The number of rotatable bonds is 8. The highest BCUT2D eigenvalue weighted by atomic mass is 35.5. The molecule has 2 heterocycles. The van der Waals surface area contributed by atoms with Gasteiger partial charge in [-0.15, -0.1) is 0 Å². The number of benzene rings is 2. The van der Waals surface area contributed by atoms with Crippen molar-refractivity contribution < 1.29 is 8.42 Å². The number of piperidine rings is 1. The van der Waals surface area contributed by atoms with Gasteiger partial charge in [0.05, 0.1) is 4.90 Å². The molecule has 0 bridgehead atoms. The number of sulfonamides is 1. The first-order valence-corrected chi connectivity index (χ1v) is 12.9. The SMILES string of the molecule is CCN(C1CCN(Cc2ccccc2)CC1)S(=O)(=O)c1ccc(Nc2nccc(Cl)n2)cc1. The van der Waals surface area contributed by atoms with E-state index < -0.39 is 10.0 Å². The zero-order valence-corrected chi connectivity index (χ0v) is 20.1. The summed E-state index contributed by atoms with van der Waals surface area (Å²) in [6, 6.07) is 18.7. The van der Waals surface area contributed by atoms with Crippen molar-refractivity contribution in [2.24, 2.45) is 0 Å². The van der Waals surface area contributed by atoms with Crippen LogP contribution in [0.25, 0.3) is 0 Å². The van der Waals surface area contributed by atoms with Gasteiger partial charge in [0.1, 0.15) is 5.15 Å². The van der Waals surface area contributed by atoms with Crippen LogP contribution in [0.5, 0.6) is 0 Å². The lowest BCUT2D eigenvalue weighted by Gasteiger charge is -2.37. The molecule has 0 unspecified atom stereocenters. The predicted octanol–water partition coefficient (Wildman–Crippen LogP) is 4.55. The molecular weight excluding hydrogens is 458 g/mol. The second-order valence-electron chi connectivity index (χ2n) is 8.05. The molecule has 4 rings (SSSR count). The van der Waals surface area contributed by atoms with Crippen LogP contribution in [0.15, 0.2) is 71.8 Å². The number of anilines is 2. The van der Waals surface area contributed by atoms with Gasteiger partial charge < -0.3 is 5.32 Å². The van der Waals surface area contributed by atoms with E-state index in [0.717, 1.165) is 32.5 Å². The van der Waals surface area contributed by atoms with Gasteiger partial charge in [0.2, 0.25) is 16.0 Å². The van der Waals surface area contributed by atoms with E-state index >= 15 is 0 Å². The fraction of sp³-hybridized carbons (Fsp3) is 0.333. The topological polar surface area (TPSA) is 78.4 Å². The third-order valence-electron chi connectivity index (χ3n) is 5.86. The molecular formula is C24H28ClN5O2S. The maximum atomic E-state index is 13.4. The summed E-state index contributed by atoms with van der Waals surface area (Å²) in [6.45, 7) is 5.02. The van der Waals surface area contributed by atoms with E-state index in [-0.39, 0.29) is 10.9 Å². The Kier molecular flexibility index (Phi) is 7.60. The third kappa shape index (κ3) is 5.89. The first-order chi connectivity index (χ1) is 16.0. The second-order valence-corrected chi connectivity index (χ2v) is 10.3. The normalized spacial score (nSPS) is 15.6. The van der Waals surface area contributed by atoms with Crippen molar-refractivity contribution in [2.45, 2.75) is 37.2 Å². The van der Waals surface area contributed by atoms with Crippen LogP contribution in [0, 0.1) is 0 Å². The average molecular weight is 486 g/mol. The molecule has 0 spiro atoms. The largest absolute Gasteiger partial charge is 0.324 e. The summed E-state index contributed by atoms with van der Waals surface area (Å²) in [5.74, 6) is 0.357. The van der Waals surface area contributed by atoms with Gasteiger partial charge in [0.25, 0.3) is 0 Å². The lowest BCUT2D eigenvalue weighted by atomic mass is 10.0. The fourth-order valence-electron chi connectivity index (χ4n) is 4.20. The number of hydrogen-bond acceptors (Lipinski definition) is 6. The molecule has 0 aliphatic carbocycles. The molecule has 1 N–H and O–H groups in total. The maximum absolute atomic E-state index is 13.4. The van der Waals surface area contributed by atoms with Gasteiger partial charge in [-0.3, -0.25) is 4.90 Å². The van der Waals surface area contributed by atoms with Crippen molar-refractivity contribution in [1.29, 1.82) is 0 Å². The number of likely N-dealkylation sites (tertiary alicyclic amines) is 1. The average Bonchev–Trinajstić information content (AvgIpc) is 2.82. The first kappa shape index (κ1) is 23.6. The number of nitrogens with one attached hydrogen (secondary N) is 1. The van der Waals surface area contributed by atoms with E-state index in [9.17, 15) is 8.42 Å². The molecule has 0 amide bonds. The summed E-state index contributed by atoms with van der Waals surface area (Å²) in [5.41, 5.74) is 1.97. The van der Waals surface area contributed by atoms with Crippen LogP contribution < -0.4 is 5.32 Å². The Labute approximate surface area is 200 Å². The van der Waals surface area contributed by atoms with Crippen LogP contribution in [0.1, 0.15) is 25.3 Å². The smallest absolute Gasteiger partial charge is 0.243 e. The Morgan fingerprint density at radius 1 is 1.06 bits per heavy atom. The van der Waals surface area contributed by atoms with Gasteiger partial charge in [-0.2, -0.15) is 4.31 Å². The van der Waals surface area contributed by atoms with Crippen LogP contribution in [-0.4, -0.2) is 53.3 Å². The summed E-state index contributed by atoms with van der Waals surface area (Å²) in [6.07, 6.45) is 3.21. The van der Waals surface area contributed by atoms with Crippen LogP contribution in [0.4, 0.5) is 11.6 Å². The van der Waals surface area contributed by atoms with Gasteiger partial charge in [0, 0.05) is 44.1 Å². The Bertz CT molecular complexity index is 1150. The van der Waals surface area contributed by atoms with Gasteiger partial charge in [0.15, 0.2) is 0 Å². The quantitative estimate of drug-likeness (QED) is 0.471. The van der Waals surface area contributed by atoms with Crippen molar-refractivity contribution in [3.8, 4) is 0 Å². The lowest BCUT2D eigenvalue weighted by Crippen LogP contribution is -2.47. The molecule has 2 aromatic carbocycles. The highest BCUT2D eigenvalue weighted by Gasteiger charge is 2.32. The Hall–Kier alpha value is -2.52. The minimum Gasteiger partial charge on any atom is -0.324 e. The molecule has 0 saturated carbocycles. The van der Waals surface area contributed by atoms with Gasteiger partial charge in [-0.1, -0.05) is 48.9 Å². The maximum Gasteiger partial charge on any atom is 0.243 e. The van der Waals surface area contributed by atoms with Crippen LogP contribution in [-0.2, 0) is 16.6 Å². The van der Waals surface area contributed by atoms with Crippen molar-refractivity contribution in [2.75, 3.05) is 25.0 Å². The molecule has 1 fully saturated rings. The molecule has 1 aromatic heterocycles. The number of halogens is 1. The molecule has 1 aliphatic heterocycles. The van der Waals surface area contributed by atoms with E-state index in [1.165, 1.54) is 5.56 Å². The predicted molar refractivity (Wildman–Crippen MR) is 131 cm³/mol. The summed E-state index contributed by atoms with van der Waals surface area (Å²) in [4.78, 5) is 10.9. The standard InChI is InChI=1S/C24H28ClN5O2S/c1-2-30(21-13-16-29(17-14-21)18-19-6-4-3-5-7-19)33(31,32)22-10-8-20(9-11-22)27-24-26-15-12-23(25)28-24/h3-12,15,21H,2,13-14,16-18H2,1H3,(H,26,27,28). The van der Waals surface area contributed by atoms with Crippen molar-refractivity contribution in [3.05, 3.63) is 77.6 Å². The zero-order chi connectivity index (χ0) is 23.3. The molecule has 1 saturated heterocycles. The monoisotopic (exact) mass is 485 g/mol. The summed E-state index contributed by atoms with van der Waals surface area (Å²) >= 11 is 5.89. The highest BCUT2D eigenvalue weighted by molar-refractivity contribution is 7.89. The molecule has 1 aliphatic rings. The second kappa shape index (κ2) is 10.6. The van der Waals surface area contributed by atoms with Crippen molar-refractivity contribution >= 4 is 33.3 Å². The van der Waals surface area contributed by atoms with Crippen molar-refractivity contribution in [3.63, 3.8) is 0 Å². The lowest BCUT2D eigenvalue weighted by molar-refractivity contribution is 0.156. The van der Waals surface area contributed by atoms with Crippen molar-refractivity contribution in [1.82, 2.24) is 19.2 Å². The zero-order valence-electron chi connectivity index (χ0n) is 18.6. The number of aromatic nitrogens is 2. The summed E-state index contributed by atoms with van der Waals surface area (Å²) in [7, 11) is -3.59. The Morgan fingerprint density at radius 2 is 1.76 bits per heavy atom. The van der Waals surface area contributed by atoms with Gasteiger partial charge in [-0.05, 0) is 48.7 Å². The van der Waals surface area contributed by atoms with Crippen LogP contribution in [0.2, 0.25) is 5.15 Å². The van der Waals surface area contributed by atoms with E-state index in [1.807, 2.05) is 13.0 Å². The highest BCUT2D eigenvalue weighted by Crippen LogP contribution is 2.26.